The van der Waals surface area contributed by atoms with Gasteiger partial charge in [-0.3, -0.25) is 4.99 Å². The van der Waals surface area contributed by atoms with Gasteiger partial charge in [-0.15, -0.1) is 0 Å². The molecular formula is C19H36N4OS. The van der Waals surface area contributed by atoms with Gasteiger partial charge in [0.25, 0.3) is 5.17 Å². The number of rotatable bonds is 9. The Morgan fingerprint density at radius 2 is 2.08 bits per heavy atom. The van der Waals surface area contributed by atoms with Gasteiger partial charge >= 0.3 is 0 Å². The fourth-order valence-electron chi connectivity index (χ4n) is 2.72. The standard InChI is InChI=1S/C19H36N4OS/c1-7-10-20-18(25-13-15(4)11-16(8-2)9-3)23(24)12-17-19(5,6)22-14-21-17/h11,14-15,17,23H,7-10,12-13H2,1-6H3,(H,21,22). The molecule has 1 aliphatic rings. The van der Waals surface area contributed by atoms with Gasteiger partial charge in [-0.25, -0.2) is 4.99 Å². The van der Waals surface area contributed by atoms with Crippen molar-refractivity contribution in [1.82, 2.24) is 5.32 Å². The number of hydrogen-bond donors (Lipinski definition) is 2. The van der Waals surface area contributed by atoms with Gasteiger partial charge in [0.2, 0.25) is 0 Å². The molecule has 5 nitrogen and oxygen atoms in total. The number of aliphatic imine (C=N–C) groups is 2. The number of amidine groups is 1. The van der Waals surface area contributed by atoms with Crippen molar-refractivity contribution in [3.8, 4) is 0 Å². The molecule has 1 rings (SSSR count). The molecule has 2 N–H and O–H groups in total. The van der Waals surface area contributed by atoms with E-state index in [-0.39, 0.29) is 16.6 Å². The smallest absolute Gasteiger partial charge is 0.257 e. The highest BCUT2D eigenvalue weighted by molar-refractivity contribution is 8.13. The van der Waals surface area contributed by atoms with E-state index in [0.29, 0.717) is 24.2 Å². The van der Waals surface area contributed by atoms with Gasteiger partial charge in [0.15, 0.2) is 0 Å². The summed E-state index contributed by atoms with van der Waals surface area (Å²) in [5.74, 6) is 1.34. The van der Waals surface area contributed by atoms with Gasteiger partial charge in [-0.1, -0.05) is 39.3 Å². The van der Waals surface area contributed by atoms with Crippen LogP contribution in [-0.2, 0) is 0 Å². The third-order valence-corrected chi connectivity index (χ3v) is 5.85. The number of hydrogen-bond acceptors (Lipinski definition) is 5. The van der Waals surface area contributed by atoms with E-state index in [4.69, 9.17) is 0 Å². The van der Waals surface area contributed by atoms with Crippen LogP contribution >= 0.6 is 11.8 Å². The van der Waals surface area contributed by atoms with E-state index in [0.717, 1.165) is 25.0 Å². The topological polar surface area (TPSA) is 64.2 Å². The Balaban J connectivity index is 2.67. The molecule has 0 radical (unpaired) electrons. The number of quaternary nitrogens is 1. The predicted molar refractivity (Wildman–Crippen MR) is 112 cm³/mol. The maximum absolute atomic E-state index is 12.8. The number of thioether (sulfide) groups is 1. The molecule has 0 aromatic carbocycles. The first-order valence-corrected chi connectivity index (χ1v) is 10.5. The fraction of sp³-hybridized carbons (Fsp3) is 0.789. The van der Waals surface area contributed by atoms with Gasteiger partial charge < -0.3 is 15.6 Å². The summed E-state index contributed by atoms with van der Waals surface area (Å²) in [6, 6.07) is -0.0171. The molecule has 0 aromatic heterocycles. The van der Waals surface area contributed by atoms with E-state index in [2.05, 4.69) is 62.9 Å². The van der Waals surface area contributed by atoms with Crippen LogP contribution in [0.1, 0.15) is 60.8 Å². The van der Waals surface area contributed by atoms with E-state index in [1.807, 2.05) is 0 Å². The van der Waals surface area contributed by atoms with Crippen molar-refractivity contribution in [2.75, 3.05) is 18.8 Å². The molecule has 25 heavy (non-hydrogen) atoms. The molecule has 1 heterocycles. The molecule has 3 unspecified atom stereocenters. The lowest BCUT2D eigenvalue weighted by Gasteiger charge is -2.31. The van der Waals surface area contributed by atoms with Crippen LogP contribution in [0.5, 0.6) is 0 Å². The van der Waals surface area contributed by atoms with Crippen molar-refractivity contribution in [3.05, 3.63) is 16.9 Å². The minimum Gasteiger partial charge on any atom is -0.627 e. The van der Waals surface area contributed by atoms with Crippen LogP contribution in [0.4, 0.5) is 0 Å². The van der Waals surface area contributed by atoms with Crippen molar-refractivity contribution in [1.29, 1.82) is 0 Å². The zero-order valence-electron chi connectivity index (χ0n) is 16.8. The summed E-state index contributed by atoms with van der Waals surface area (Å²) >= 11 is 1.61. The van der Waals surface area contributed by atoms with E-state index in [9.17, 15) is 5.21 Å². The van der Waals surface area contributed by atoms with Crippen LogP contribution in [-0.4, -0.2) is 41.9 Å². The molecule has 0 saturated heterocycles. The molecule has 6 heteroatoms. The maximum atomic E-state index is 12.8. The molecule has 0 fully saturated rings. The summed E-state index contributed by atoms with van der Waals surface area (Å²) in [5, 5.41) is 16.8. The van der Waals surface area contributed by atoms with E-state index in [1.54, 1.807) is 18.1 Å². The molecule has 0 aromatic rings. The largest absolute Gasteiger partial charge is 0.627 e. The Labute approximate surface area is 158 Å². The minimum absolute atomic E-state index is 0.0171. The number of nitrogens with zero attached hydrogens (tertiary/aromatic N) is 2. The monoisotopic (exact) mass is 368 g/mol. The molecule has 0 saturated carbocycles. The Bertz CT molecular complexity index is 482. The zero-order chi connectivity index (χ0) is 18.9. The highest BCUT2D eigenvalue weighted by Gasteiger charge is 2.34. The summed E-state index contributed by atoms with van der Waals surface area (Å²) in [4.78, 5) is 8.98. The van der Waals surface area contributed by atoms with Crippen LogP contribution in [0.2, 0.25) is 0 Å². The summed E-state index contributed by atoms with van der Waals surface area (Å²) in [6.07, 6.45) is 7.23. The minimum atomic E-state index is -0.163. The molecule has 0 aliphatic carbocycles. The van der Waals surface area contributed by atoms with Gasteiger partial charge in [0.1, 0.15) is 12.6 Å². The molecule has 144 valence electrons. The summed E-state index contributed by atoms with van der Waals surface area (Å²) in [5.41, 5.74) is 1.32. The Hall–Kier alpha value is -0.850. The third-order valence-electron chi connectivity index (χ3n) is 4.53. The first-order chi connectivity index (χ1) is 11.8. The fourth-order valence-corrected chi connectivity index (χ4v) is 3.67. The highest BCUT2D eigenvalue weighted by atomic mass is 32.2. The van der Waals surface area contributed by atoms with Crippen molar-refractivity contribution in [2.45, 2.75) is 72.4 Å². The number of hydroxylamine groups is 2. The molecule has 0 spiro atoms. The first kappa shape index (κ1) is 22.2. The Morgan fingerprint density at radius 1 is 1.40 bits per heavy atom. The van der Waals surface area contributed by atoms with Crippen LogP contribution in [0.25, 0.3) is 0 Å². The first-order valence-electron chi connectivity index (χ1n) is 9.53. The third kappa shape index (κ3) is 7.50. The van der Waals surface area contributed by atoms with Gasteiger partial charge in [-0.2, -0.15) is 0 Å². The second kappa shape index (κ2) is 11.0. The second-order valence-electron chi connectivity index (χ2n) is 7.29. The van der Waals surface area contributed by atoms with Gasteiger partial charge in [-0.05, 0) is 50.8 Å². The maximum Gasteiger partial charge on any atom is 0.257 e. The Kier molecular flexibility index (Phi) is 9.75. The SMILES string of the molecule is CCCN=C(SCC(C)C=C(CC)CC)[NH+]([O-])CC1N=CNC1(C)C. The van der Waals surface area contributed by atoms with E-state index < -0.39 is 0 Å². The second-order valence-corrected chi connectivity index (χ2v) is 8.30. The molecule has 0 amide bonds. The molecular weight excluding hydrogens is 332 g/mol. The van der Waals surface area contributed by atoms with Crippen LogP contribution < -0.4 is 10.4 Å². The van der Waals surface area contributed by atoms with Crippen molar-refractivity contribution in [2.24, 2.45) is 15.9 Å². The van der Waals surface area contributed by atoms with Gasteiger partial charge in [0, 0.05) is 12.3 Å². The van der Waals surface area contributed by atoms with Crippen LogP contribution in [0.3, 0.4) is 0 Å². The summed E-state index contributed by atoms with van der Waals surface area (Å²) in [7, 11) is 0. The molecule has 0 bridgehead atoms. The predicted octanol–water partition coefficient (Wildman–Crippen LogP) is 3.03. The van der Waals surface area contributed by atoms with Crippen molar-refractivity contribution in [3.63, 3.8) is 0 Å². The van der Waals surface area contributed by atoms with Crippen molar-refractivity contribution >= 4 is 23.3 Å². The normalized spacial score (nSPS) is 21.7. The molecule has 3 atom stereocenters. The van der Waals surface area contributed by atoms with Crippen LogP contribution in [0.15, 0.2) is 21.6 Å². The quantitative estimate of drug-likeness (QED) is 0.285. The number of allylic oxidation sites excluding steroid dienone is 2. The van der Waals surface area contributed by atoms with Crippen molar-refractivity contribution < 1.29 is 5.06 Å². The van der Waals surface area contributed by atoms with E-state index >= 15 is 0 Å². The summed E-state index contributed by atoms with van der Waals surface area (Å²) < 4.78 is 0. The average molecular weight is 369 g/mol. The van der Waals surface area contributed by atoms with Gasteiger partial charge in [0.05, 0.1) is 11.9 Å². The van der Waals surface area contributed by atoms with E-state index in [1.165, 1.54) is 5.57 Å². The Morgan fingerprint density at radius 3 is 2.60 bits per heavy atom. The number of nitrogens with one attached hydrogen (secondary N) is 2. The average Bonchev–Trinajstić information content (AvgIpc) is 2.90. The lowest BCUT2D eigenvalue weighted by atomic mass is 9.97. The lowest BCUT2D eigenvalue weighted by molar-refractivity contribution is -0.745. The zero-order valence-corrected chi connectivity index (χ0v) is 17.6. The lowest BCUT2D eigenvalue weighted by Crippen LogP contribution is -3.11. The molecule has 1 aliphatic heterocycles. The van der Waals surface area contributed by atoms with Crippen LogP contribution in [0, 0.1) is 11.1 Å². The highest BCUT2D eigenvalue weighted by Crippen LogP contribution is 2.17. The summed E-state index contributed by atoms with van der Waals surface area (Å²) in [6.45, 7) is 14.0.